The Morgan fingerprint density at radius 2 is 2.05 bits per heavy atom. The normalized spacial score (nSPS) is 12.7. The van der Waals surface area contributed by atoms with E-state index in [1.54, 1.807) is 18.3 Å². The molecule has 0 unspecified atom stereocenters. The SMILES string of the molecule is Cc1nc(C)c(Cn2c(NC[C@H](C)O)nc3ccccc32)s1. The van der Waals surface area contributed by atoms with Crippen molar-refractivity contribution in [2.75, 3.05) is 11.9 Å². The number of aliphatic hydroxyl groups is 1. The van der Waals surface area contributed by atoms with Gasteiger partial charge in [-0.05, 0) is 32.9 Å². The monoisotopic (exact) mass is 316 g/mol. The number of aryl methyl sites for hydroxylation is 2. The molecule has 6 heteroatoms. The zero-order valence-electron chi connectivity index (χ0n) is 13.0. The molecule has 1 atom stereocenters. The van der Waals surface area contributed by atoms with E-state index >= 15 is 0 Å². The molecule has 0 spiro atoms. The molecule has 116 valence electrons. The molecule has 0 aliphatic heterocycles. The smallest absolute Gasteiger partial charge is 0.204 e. The maximum Gasteiger partial charge on any atom is 0.204 e. The highest BCUT2D eigenvalue weighted by molar-refractivity contribution is 7.11. The van der Waals surface area contributed by atoms with E-state index in [9.17, 15) is 5.11 Å². The van der Waals surface area contributed by atoms with Gasteiger partial charge >= 0.3 is 0 Å². The van der Waals surface area contributed by atoms with Crippen molar-refractivity contribution in [2.24, 2.45) is 0 Å². The molecule has 3 aromatic rings. The van der Waals surface area contributed by atoms with Gasteiger partial charge in [-0.1, -0.05) is 12.1 Å². The van der Waals surface area contributed by atoms with Crippen molar-refractivity contribution in [3.63, 3.8) is 0 Å². The van der Waals surface area contributed by atoms with Gasteiger partial charge in [0.05, 0.1) is 34.4 Å². The molecule has 0 radical (unpaired) electrons. The Morgan fingerprint density at radius 3 is 2.73 bits per heavy atom. The highest BCUT2D eigenvalue weighted by Gasteiger charge is 2.14. The van der Waals surface area contributed by atoms with Crippen molar-refractivity contribution in [3.05, 3.63) is 39.8 Å². The lowest BCUT2D eigenvalue weighted by Crippen LogP contribution is -2.18. The van der Waals surface area contributed by atoms with Crippen LogP contribution in [-0.2, 0) is 6.54 Å². The van der Waals surface area contributed by atoms with Crippen LogP contribution in [0.2, 0.25) is 0 Å². The predicted molar refractivity (Wildman–Crippen MR) is 90.6 cm³/mol. The molecule has 0 saturated heterocycles. The van der Waals surface area contributed by atoms with Gasteiger partial charge in [-0.3, -0.25) is 0 Å². The number of aromatic nitrogens is 3. The maximum absolute atomic E-state index is 9.51. The number of aliphatic hydroxyl groups excluding tert-OH is 1. The minimum Gasteiger partial charge on any atom is -0.392 e. The summed E-state index contributed by atoms with van der Waals surface area (Å²) in [5.74, 6) is 0.785. The van der Waals surface area contributed by atoms with Crippen LogP contribution in [0.5, 0.6) is 0 Å². The zero-order chi connectivity index (χ0) is 15.7. The quantitative estimate of drug-likeness (QED) is 0.759. The molecular formula is C16H20N4OS. The van der Waals surface area contributed by atoms with E-state index in [4.69, 9.17) is 0 Å². The number of nitrogens with one attached hydrogen (secondary N) is 1. The van der Waals surface area contributed by atoms with Gasteiger partial charge in [0.25, 0.3) is 0 Å². The Morgan fingerprint density at radius 1 is 1.27 bits per heavy atom. The fraction of sp³-hybridized carbons (Fsp3) is 0.375. The minimum absolute atomic E-state index is 0.416. The van der Waals surface area contributed by atoms with Gasteiger partial charge in [0.2, 0.25) is 5.95 Å². The molecule has 0 aliphatic rings. The summed E-state index contributed by atoms with van der Waals surface area (Å²) < 4.78 is 2.15. The summed E-state index contributed by atoms with van der Waals surface area (Å²) in [6, 6.07) is 8.08. The summed E-state index contributed by atoms with van der Waals surface area (Å²) >= 11 is 1.72. The van der Waals surface area contributed by atoms with Crippen LogP contribution in [-0.4, -0.2) is 32.3 Å². The van der Waals surface area contributed by atoms with Crippen LogP contribution in [0.1, 0.15) is 22.5 Å². The Labute approximate surface area is 133 Å². The Hall–Kier alpha value is -1.92. The highest BCUT2D eigenvalue weighted by atomic mass is 32.1. The van der Waals surface area contributed by atoms with Crippen molar-refractivity contribution in [1.29, 1.82) is 0 Å². The lowest BCUT2D eigenvalue weighted by atomic mass is 10.3. The van der Waals surface area contributed by atoms with Crippen molar-refractivity contribution >= 4 is 28.3 Å². The van der Waals surface area contributed by atoms with Gasteiger partial charge in [0.15, 0.2) is 0 Å². The van der Waals surface area contributed by atoms with Crippen molar-refractivity contribution in [3.8, 4) is 0 Å². The molecule has 0 amide bonds. The van der Waals surface area contributed by atoms with E-state index in [2.05, 4.69) is 25.9 Å². The van der Waals surface area contributed by atoms with E-state index < -0.39 is 6.10 Å². The number of rotatable bonds is 5. The van der Waals surface area contributed by atoms with Gasteiger partial charge in [0.1, 0.15) is 0 Å². The standard InChI is InChI=1S/C16H20N4OS/c1-10(21)8-17-16-19-13-6-4-5-7-14(13)20(16)9-15-11(2)18-12(3)22-15/h4-7,10,21H,8-9H2,1-3H3,(H,17,19)/t10-/m0/s1. The fourth-order valence-electron chi connectivity index (χ4n) is 2.47. The summed E-state index contributed by atoms with van der Waals surface area (Å²) in [6.07, 6.45) is -0.416. The Bertz CT molecular complexity index is 791. The zero-order valence-corrected chi connectivity index (χ0v) is 13.8. The van der Waals surface area contributed by atoms with Crippen LogP contribution in [0, 0.1) is 13.8 Å². The van der Waals surface area contributed by atoms with Gasteiger partial charge in [-0.2, -0.15) is 0 Å². The summed E-state index contributed by atoms with van der Waals surface area (Å²) in [4.78, 5) is 10.4. The average Bonchev–Trinajstić information content (AvgIpc) is 2.98. The van der Waals surface area contributed by atoms with E-state index in [1.807, 2.05) is 32.0 Å². The number of para-hydroxylation sites is 2. The summed E-state index contributed by atoms with van der Waals surface area (Å²) in [6.45, 7) is 7.04. The topological polar surface area (TPSA) is 63.0 Å². The van der Waals surface area contributed by atoms with Crippen LogP contribution >= 0.6 is 11.3 Å². The van der Waals surface area contributed by atoms with E-state index in [1.165, 1.54) is 4.88 Å². The molecule has 3 rings (SSSR count). The molecule has 2 heterocycles. The van der Waals surface area contributed by atoms with Crippen molar-refractivity contribution in [1.82, 2.24) is 14.5 Å². The molecular weight excluding hydrogens is 296 g/mol. The molecule has 2 aromatic heterocycles. The minimum atomic E-state index is -0.416. The maximum atomic E-state index is 9.51. The lowest BCUT2D eigenvalue weighted by Gasteiger charge is -2.11. The third-order valence-corrected chi connectivity index (χ3v) is 4.57. The van der Waals surface area contributed by atoms with Gasteiger partial charge in [-0.15, -0.1) is 11.3 Å². The van der Waals surface area contributed by atoms with Crippen LogP contribution in [0.15, 0.2) is 24.3 Å². The largest absolute Gasteiger partial charge is 0.392 e. The first-order valence-electron chi connectivity index (χ1n) is 7.34. The molecule has 0 fully saturated rings. The van der Waals surface area contributed by atoms with Crippen molar-refractivity contribution < 1.29 is 5.11 Å². The average molecular weight is 316 g/mol. The Kier molecular flexibility index (Phi) is 4.13. The fourth-order valence-corrected chi connectivity index (χ4v) is 3.40. The third-order valence-electron chi connectivity index (χ3n) is 3.51. The molecule has 5 nitrogen and oxygen atoms in total. The first kappa shape index (κ1) is 15.0. The number of fused-ring (bicyclic) bond motifs is 1. The summed E-state index contributed by atoms with van der Waals surface area (Å²) in [7, 11) is 0. The molecule has 22 heavy (non-hydrogen) atoms. The molecule has 1 aromatic carbocycles. The van der Waals surface area contributed by atoms with Crippen LogP contribution in [0.4, 0.5) is 5.95 Å². The van der Waals surface area contributed by atoms with E-state index in [-0.39, 0.29) is 0 Å². The van der Waals surface area contributed by atoms with Crippen molar-refractivity contribution in [2.45, 2.75) is 33.4 Å². The second-order valence-electron chi connectivity index (χ2n) is 5.48. The first-order valence-corrected chi connectivity index (χ1v) is 8.16. The highest BCUT2D eigenvalue weighted by Crippen LogP contribution is 2.25. The van der Waals surface area contributed by atoms with E-state index in [0.29, 0.717) is 6.54 Å². The number of hydrogen-bond acceptors (Lipinski definition) is 5. The number of imidazole rings is 1. The lowest BCUT2D eigenvalue weighted by molar-refractivity contribution is 0.208. The third kappa shape index (κ3) is 2.98. The second-order valence-corrected chi connectivity index (χ2v) is 6.77. The van der Waals surface area contributed by atoms with Gasteiger partial charge in [-0.25, -0.2) is 9.97 Å². The number of anilines is 1. The van der Waals surface area contributed by atoms with Crippen LogP contribution in [0.3, 0.4) is 0 Å². The predicted octanol–water partition coefficient (Wildman–Crippen LogP) is 2.95. The molecule has 0 aliphatic carbocycles. The molecule has 2 N–H and O–H groups in total. The number of benzene rings is 1. The number of thiazole rings is 1. The molecule has 0 saturated carbocycles. The first-order chi connectivity index (χ1) is 10.5. The van der Waals surface area contributed by atoms with Crippen LogP contribution < -0.4 is 5.32 Å². The van der Waals surface area contributed by atoms with E-state index in [0.717, 1.165) is 34.2 Å². The molecule has 0 bridgehead atoms. The summed E-state index contributed by atoms with van der Waals surface area (Å²) in [5, 5.41) is 13.8. The Balaban J connectivity index is 2.01. The van der Waals surface area contributed by atoms with Gasteiger partial charge in [0, 0.05) is 11.4 Å². The number of hydrogen-bond donors (Lipinski definition) is 2. The number of nitrogens with zero attached hydrogens (tertiary/aromatic N) is 3. The second kappa shape index (κ2) is 6.06. The van der Waals surface area contributed by atoms with Gasteiger partial charge < -0.3 is 15.0 Å². The van der Waals surface area contributed by atoms with Crippen LogP contribution in [0.25, 0.3) is 11.0 Å². The summed E-state index contributed by atoms with van der Waals surface area (Å²) in [5.41, 5.74) is 3.11.